The third-order valence-electron chi connectivity index (χ3n) is 2.07. The van der Waals surface area contributed by atoms with Gasteiger partial charge in [0.25, 0.3) is 5.91 Å². The van der Waals surface area contributed by atoms with Crippen LogP contribution in [-0.2, 0) is 16.3 Å². The van der Waals surface area contributed by atoms with E-state index in [1.807, 2.05) is 0 Å². The van der Waals surface area contributed by atoms with E-state index in [0.717, 1.165) is 11.3 Å². The number of sulfone groups is 1. The van der Waals surface area contributed by atoms with E-state index >= 15 is 0 Å². The summed E-state index contributed by atoms with van der Waals surface area (Å²) >= 11 is 1.37. The van der Waals surface area contributed by atoms with Crippen LogP contribution in [0.15, 0.2) is 5.38 Å². The van der Waals surface area contributed by atoms with Gasteiger partial charge in [-0.2, -0.15) is 0 Å². The normalized spacial score (nSPS) is 13.3. The summed E-state index contributed by atoms with van der Waals surface area (Å²) < 4.78 is 22.1. The highest BCUT2D eigenvalue weighted by Crippen LogP contribution is 2.10. The first kappa shape index (κ1) is 15.1. The molecule has 8 heteroatoms. The summed E-state index contributed by atoms with van der Waals surface area (Å²) in [5, 5.41) is 5.05. The molecule has 1 aromatic rings. The van der Waals surface area contributed by atoms with E-state index in [9.17, 15) is 13.2 Å². The van der Waals surface area contributed by atoms with Crippen molar-refractivity contribution in [3.8, 4) is 0 Å². The molecular weight excluding hydrogens is 274 g/mol. The van der Waals surface area contributed by atoms with Gasteiger partial charge in [0.15, 0.2) is 0 Å². The van der Waals surface area contributed by atoms with Crippen LogP contribution in [0.5, 0.6) is 0 Å². The van der Waals surface area contributed by atoms with Crippen molar-refractivity contribution < 1.29 is 13.2 Å². The molecular formula is C10H17N3O3S2. The summed E-state index contributed by atoms with van der Waals surface area (Å²) in [6.45, 7) is 2.13. The van der Waals surface area contributed by atoms with Gasteiger partial charge in [-0.1, -0.05) is 0 Å². The molecule has 3 N–H and O–H groups in total. The van der Waals surface area contributed by atoms with Crippen LogP contribution < -0.4 is 11.1 Å². The Kier molecular flexibility index (Phi) is 5.24. The number of thiazole rings is 1. The van der Waals surface area contributed by atoms with Gasteiger partial charge in [0, 0.05) is 24.1 Å². The zero-order valence-electron chi connectivity index (χ0n) is 10.3. The number of nitrogens with one attached hydrogen (secondary N) is 1. The molecule has 6 nitrogen and oxygen atoms in total. The topological polar surface area (TPSA) is 102 Å². The lowest BCUT2D eigenvalue weighted by Crippen LogP contribution is -2.37. The van der Waals surface area contributed by atoms with E-state index in [2.05, 4.69) is 10.3 Å². The maximum absolute atomic E-state index is 11.8. The Morgan fingerprint density at radius 2 is 2.28 bits per heavy atom. The quantitative estimate of drug-likeness (QED) is 0.756. The molecule has 0 saturated heterocycles. The number of carbonyl (C=O) groups is 1. The van der Waals surface area contributed by atoms with Gasteiger partial charge in [-0.3, -0.25) is 4.79 Å². The average molecular weight is 291 g/mol. The second-order valence-corrected chi connectivity index (χ2v) is 7.26. The minimum absolute atomic E-state index is 0.0848. The molecule has 1 atom stereocenters. The van der Waals surface area contributed by atoms with Crippen LogP contribution in [0.2, 0.25) is 0 Å². The van der Waals surface area contributed by atoms with Crippen LogP contribution >= 0.6 is 11.3 Å². The fourth-order valence-electron chi connectivity index (χ4n) is 1.45. The largest absolute Gasteiger partial charge is 0.347 e. The highest BCUT2D eigenvalue weighted by Gasteiger charge is 2.16. The first-order valence-corrected chi connectivity index (χ1v) is 8.39. The molecule has 0 fully saturated rings. The number of aromatic nitrogens is 1. The van der Waals surface area contributed by atoms with Gasteiger partial charge in [-0.05, 0) is 13.5 Å². The molecule has 1 aromatic heterocycles. The van der Waals surface area contributed by atoms with E-state index in [4.69, 9.17) is 5.73 Å². The fraction of sp³-hybridized carbons (Fsp3) is 0.600. The molecule has 0 bridgehead atoms. The summed E-state index contributed by atoms with van der Waals surface area (Å²) in [5.41, 5.74) is 5.70. The SMILES string of the molecule is CC(CS(C)(=O)=O)NC(=O)c1csc(CCN)n1. The minimum Gasteiger partial charge on any atom is -0.347 e. The van der Waals surface area contributed by atoms with Gasteiger partial charge < -0.3 is 11.1 Å². The Morgan fingerprint density at radius 3 is 2.83 bits per heavy atom. The minimum atomic E-state index is -3.10. The van der Waals surface area contributed by atoms with Crippen molar-refractivity contribution in [3.63, 3.8) is 0 Å². The van der Waals surface area contributed by atoms with Gasteiger partial charge in [-0.15, -0.1) is 11.3 Å². The molecule has 0 spiro atoms. The van der Waals surface area contributed by atoms with Gasteiger partial charge in [0.1, 0.15) is 15.5 Å². The van der Waals surface area contributed by atoms with E-state index in [1.165, 1.54) is 11.3 Å². The lowest BCUT2D eigenvalue weighted by Gasteiger charge is -2.11. The predicted molar refractivity (Wildman–Crippen MR) is 71.5 cm³/mol. The molecule has 18 heavy (non-hydrogen) atoms. The van der Waals surface area contributed by atoms with Crippen molar-refractivity contribution in [2.24, 2.45) is 5.73 Å². The molecule has 0 radical (unpaired) electrons. The van der Waals surface area contributed by atoms with Gasteiger partial charge in [-0.25, -0.2) is 13.4 Å². The zero-order chi connectivity index (χ0) is 13.8. The summed E-state index contributed by atoms with van der Waals surface area (Å²) in [6, 6.07) is -0.438. The van der Waals surface area contributed by atoms with Crippen LogP contribution in [0.4, 0.5) is 0 Å². The van der Waals surface area contributed by atoms with Crippen LogP contribution in [0.1, 0.15) is 22.4 Å². The molecule has 0 aliphatic heterocycles. The number of rotatable bonds is 6. The summed E-state index contributed by atoms with van der Waals surface area (Å²) in [7, 11) is -3.10. The van der Waals surface area contributed by atoms with Crippen molar-refractivity contribution in [1.29, 1.82) is 0 Å². The maximum Gasteiger partial charge on any atom is 0.270 e. The monoisotopic (exact) mass is 291 g/mol. The molecule has 1 unspecified atom stereocenters. The smallest absolute Gasteiger partial charge is 0.270 e. The van der Waals surface area contributed by atoms with Crippen LogP contribution in [0, 0.1) is 0 Å². The first-order chi connectivity index (χ1) is 8.31. The Morgan fingerprint density at radius 1 is 1.61 bits per heavy atom. The van der Waals surface area contributed by atoms with Gasteiger partial charge in [0.05, 0.1) is 10.8 Å². The van der Waals surface area contributed by atoms with E-state index in [0.29, 0.717) is 18.7 Å². The number of amides is 1. The highest BCUT2D eigenvalue weighted by molar-refractivity contribution is 7.90. The number of carbonyl (C=O) groups excluding carboxylic acids is 1. The van der Waals surface area contributed by atoms with E-state index in [1.54, 1.807) is 12.3 Å². The predicted octanol–water partition coefficient (Wildman–Crippen LogP) is -0.193. The van der Waals surface area contributed by atoms with Crippen molar-refractivity contribution in [3.05, 3.63) is 16.1 Å². The molecule has 1 heterocycles. The fourth-order valence-corrected chi connectivity index (χ4v) is 3.23. The standard InChI is InChI=1S/C10H17N3O3S2/c1-7(6-18(2,15)16)12-10(14)8-5-17-9(13-8)3-4-11/h5,7H,3-4,6,11H2,1-2H3,(H,12,14). The third kappa shape index (κ3) is 5.11. The average Bonchev–Trinajstić information content (AvgIpc) is 2.63. The van der Waals surface area contributed by atoms with Crippen LogP contribution in [0.3, 0.4) is 0 Å². The first-order valence-electron chi connectivity index (χ1n) is 5.45. The Balaban J connectivity index is 2.59. The van der Waals surface area contributed by atoms with Gasteiger partial charge >= 0.3 is 0 Å². The van der Waals surface area contributed by atoms with Crippen LogP contribution in [0.25, 0.3) is 0 Å². The summed E-state index contributed by atoms with van der Waals surface area (Å²) in [5.74, 6) is -0.441. The van der Waals surface area contributed by atoms with Crippen molar-refractivity contribution >= 4 is 27.1 Å². The van der Waals surface area contributed by atoms with E-state index in [-0.39, 0.29) is 11.7 Å². The summed E-state index contributed by atoms with van der Waals surface area (Å²) in [4.78, 5) is 15.9. The molecule has 0 aromatic carbocycles. The number of hydrogen-bond donors (Lipinski definition) is 2. The lowest BCUT2D eigenvalue weighted by atomic mass is 10.3. The van der Waals surface area contributed by atoms with Crippen LogP contribution in [-0.4, -0.2) is 43.9 Å². The molecule has 0 aliphatic carbocycles. The highest BCUT2D eigenvalue weighted by atomic mass is 32.2. The Bertz CT molecular complexity index is 510. The molecule has 0 aliphatic rings. The molecule has 102 valence electrons. The van der Waals surface area contributed by atoms with Crippen molar-refractivity contribution in [1.82, 2.24) is 10.3 Å². The second-order valence-electron chi connectivity index (χ2n) is 4.13. The van der Waals surface area contributed by atoms with Crippen molar-refractivity contribution in [2.75, 3.05) is 18.6 Å². The number of nitrogens with two attached hydrogens (primary N) is 1. The van der Waals surface area contributed by atoms with E-state index < -0.39 is 15.9 Å². The molecule has 1 amide bonds. The number of hydrogen-bond acceptors (Lipinski definition) is 6. The summed E-state index contributed by atoms with van der Waals surface area (Å²) in [6.07, 6.45) is 1.77. The lowest BCUT2D eigenvalue weighted by molar-refractivity contribution is 0.0939. The zero-order valence-corrected chi connectivity index (χ0v) is 12.0. The second kappa shape index (κ2) is 6.26. The molecule has 0 saturated carbocycles. The third-order valence-corrected chi connectivity index (χ3v) is 4.09. The Labute approximate surface area is 111 Å². The van der Waals surface area contributed by atoms with Gasteiger partial charge in [0.2, 0.25) is 0 Å². The number of nitrogens with zero attached hydrogens (tertiary/aromatic N) is 1. The van der Waals surface area contributed by atoms with Crippen molar-refractivity contribution in [2.45, 2.75) is 19.4 Å². The maximum atomic E-state index is 11.8. The Hall–Kier alpha value is -0.990. The molecule has 1 rings (SSSR count).